The second kappa shape index (κ2) is 4.20. The molecule has 0 saturated heterocycles. The molecular weight excluding hydrogens is 212 g/mol. The second-order valence-electron chi connectivity index (χ2n) is 3.73. The van der Waals surface area contributed by atoms with Crippen LogP contribution < -0.4 is 11.5 Å². The molecule has 0 aliphatic rings. The van der Waals surface area contributed by atoms with Crippen LogP contribution in [0.2, 0.25) is 0 Å². The lowest BCUT2D eigenvalue weighted by atomic mass is 10.1. The van der Waals surface area contributed by atoms with Crippen molar-refractivity contribution in [2.75, 3.05) is 12.0 Å². The highest BCUT2D eigenvalue weighted by Crippen LogP contribution is 2.19. The third-order valence-electron chi connectivity index (χ3n) is 2.50. The topological polar surface area (TPSA) is 86.2 Å². The third-order valence-corrected chi connectivity index (χ3v) is 4.15. The van der Waals surface area contributed by atoms with Crippen LogP contribution in [0, 0.1) is 0 Å². The van der Waals surface area contributed by atoms with E-state index in [1.54, 1.807) is 31.2 Å². The molecule has 0 unspecified atom stereocenters. The molecule has 1 aromatic rings. The highest BCUT2D eigenvalue weighted by atomic mass is 32.2. The Morgan fingerprint density at radius 2 is 1.67 bits per heavy atom. The largest absolute Gasteiger partial charge is 0.399 e. The van der Waals surface area contributed by atoms with E-state index in [0.717, 1.165) is 5.56 Å². The van der Waals surface area contributed by atoms with Crippen molar-refractivity contribution in [2.24, 2.45) is 5.73 Å². The SMILES string of the molecule is C[C@H]([C@@H](N)c1ccc(N)cc1)S(C)(=O)=O. The van der Waals surface area contributed by atoms with Crippen LogP contribution in [0.4, 0.5) is 5.69 Å². The monoisotopic (exact) mass is 228 g/mol. The lowest BCUT2D eigenvalue weighted by Crippen LogP contribution is -2.30. The summed E-state index contributed by atoms with van der Waals surface area (Å²) in [6, 6.07) is 6.41. The molecule has 0 fully saturated rings. The van der Waals surface area contributed by atoms with Gasteiger partial charge in [-0.3, -0.25) is 0 Å². The molecule has 0 bridgehead atoms. The van der Waals surface area contributed by atoms with E-state index in [1.807, 2.05) is 0 Å². The van der Waals surface area contributed by atoms with E-state index < -0.39 is 21.1 Å². The molecule has 0 saturated carbocycles. The van der Waals surface area contributed by atoms with Crippen LogP contribution >= 0.6 is 0 Å². The summed E-state index contributed by atoms with van der Waals surface area (Å²) >= 11 is 0. The Balaban J connectivity index is 2.95. The average Bonchev–Trinajstić information content (AvgIpc) is 2.15. The molecule has 0 amide bonds. The van der Waals surface area contributed by atoms with Gasteiger partial charge in [-0.1, -0.05) is 12.1 Å². The van der Waals surface area contributed by atoms with Crippen LogP contribution in [0.25, 0.3) is 0 Å². The molecule has 2 atom stereocenters. The van der Waals surface area contributed by atoms with E-state index in [1.165, 1.54) is 6.26 Å². The number of nitrogen functional groups attached to an aromatic ring is 1. The second-order valence-corrected chi connectivity index (χ2v) is 6.13. The fourth-order valence-corrected chi connectivity index (χ4v) is 1.95. The first-order valence-corrected chi connectivity index (χ1v) is 6.57. The minimum atomic E-state index is -3.12. The van der Waals surface area contributed by atoms with Crippen LogP contribution in [0.3, 0.4) is 0 Å². The van der Waals surface area contributed by atoms with Crippen LogP contribution in [0.15, 0.2) is 24.3 Å². The zero-order valence-electron chi connectivity index (χ0n) is 8.84. The van der Waals surface area contributed by atoms with Gasteiger partial charge in [-0.25, -0.2) is 8.42 Å². The highest BCUT2D eigenvalue weighted by Gasteiger charge is 2.23. The number of hydrogen-bond acceptors (Lipinski definition) is 4. The van der Waals surface area contributed by atoms with Crippen molar-refractivity contribution in [1.29, 1.82) is 0 Å². The summed E-state index contributed by atoms with van der Waals surface area (Å²) in [6.07, 6.45) is 1.19. The van der Waals surface area contributed by atoms with Gasteiger partial charge < -0.3 is 11.5 Å². The number of sulfone groups is 1. The minimum absolute atomic E-state index is 0.513. The summed E-state index contributed by atoms with van der Waals surface area (Å²) in [5, 5.41) is -0.596. The van der Waals surface area contributed by atoms with Crippen molar-refractivity contribution in [3.63, 3.8) is 0 Å². The molecule has 0 radical (unpaired) electrons. The summed E-state index contributed by atoms with van der Waals surface area (Å²) < 4.78 is 22.6. The van der Waals surface area contributed by atoms with Gasteiger partial charge in [0.25, 0.3) is 0 Å². The van der Waals surface area contributed by atoms with Gasteiger partial charge in [-0.05, 0) is 24.6 Å². The van der Waals surface area contributed by atoms with Gasteiger partial charge in [0.1, 0.15) is 0 Å². The summed E-state index contributed by atoms with van der Waals surface area (Å²) in [5.41, 5.74) is 12.8. The van der Waals surface area contributed by atoms with Crippen LogP contribution in [0.1, 0.15) is 18.5 Å². The van der Waals surface area contributed by atoms with Crippen molar-refractivity contribution in [1.82, 2.24) is 0 Å². The van der Waals surface area contributed by atoms with Gasteiger partial charge in [0.15, 0.2) is 9.84 Å². The van der Waals surface area contributed by atoms with E-state index in [4.69, 9.17) is 11.5 Å². The molecule has 0 aromatic heterocycles. The Kier molecular flexibility index (Phi) is 3.36. The molecule has 0 aliphatic carbocycles. The van der Waals surface area contributed by atoms with Crippen LogP contribution in [0.5, 0.6) is 0 Å². The molecule has 0 spiro atoms. The minimum Gasteiger partial charge on any atom is -0.399 e. The lowest BCUT2D eigenvalue weighted by Gasteiger charge is -2.18. The average molecular weight is 228 g/mol. The Labute approximate surface area is 90.2 Å². The van der Waals surface area contributed by atoms with Crippen molar-refractivity contribution >= 4 is 15.5 Å². The molecule has 4 nitrogen and oxygen atoms in total. The molecule has 1 rings (SSSR count). The van der Waals surface area contributed by atoms with Gasteiger partial charge >= 0.3 is 0 Å². The van der Waals surface area contributed by atoms with Crippen molar-refractivity contribution in [3.05, 3.63) is 29.8 Å². The van der Waals surface area contributed by atoms with Crippen LogP contribution in [-0.2, 0) is 9.84 Å². The van der Waals surface area contributed by atoms with Crippen molar-refractivity contribution < 1.29 is 8.42 Å². The number of anilines is 1. The molecular formula is C10H16N2O2S. The number of benzene rings is 1. The predicted octanol–water partition coefficient (Wildman–Crippen LogP) is 0.702. The van der Waals surface area contributed by atoms with E-state index in [-0.39, 0.29) is 0 Å². The number of rotatable bonds is 3. The maximum Gasteiger partial charge on any atom is 0.151 e. The molecule has 5 heteroatoms. The molecule has 0 heterocycles. The summed E-state index contributed by atoms with van der Waals surface area (Å²) in [4.78, 5) is 0. The third kappa shape index (κ3) is 2.94. The Morgan fingerprint density at radius 3 is 2.07 bits per heavy atom. The van der Waals surface area contributed by atoms with Gasteiger partial charge in [0.05, 0.1) is 5.25 Å². The molecule has 1 aromatic carbocycles. The molecule has 0 aliphatic heterocycles. The summed E-state index contributed by atoms with van der Waals surface area (Å²) in [7, 11) is -3.12. The number of nitrogens with two attached hydrogens (primary N) is 2. The van der Waals surface area contributed by atoms with Gasteiger partial charge in [-0.2, -0.15) is 0 Å². The van der Waals surface area contributed by atoms with Gasteiger partial charge in [0, 0.05) is 18.0 Å². The zero-order chi connectivity index (χ0) is 11.6. The smallest absolute Gasteiger partial charge is 0.151 e. The maximum absolute atomic E-state index is 11.3. The molecule has 4 N–H and O–H groups in total. The molecule has 84 valence electrons. The summed E-state index contributed by atoms with van der Waals surface area (Å²) in [6.45, 7) is 1.61. The first kappa shape index (κ1) is 12.0. The standard InChI is InChI=1S/C10H16N2O2S/c1-7(15(2,13)14)10(12)8-3-5-9(11)6-4-8/h3-7,10H,11-12H2,1-2H3/t7-,10-/m1/s1. The highest BCUT2D eigenvalue weighted by molar-refractivity contribution is 7.91. The Morgan fingerprint density at radius 1 is 1.20 bits per heavy atom. The predicted molar refractivity (Wildman–Crippen MR) is 62.1 cm³/mol. The van der Waals surface area contributed by atoms with E-state index in [9.17, 15) is 8.42 Å². The Bertz CT molecular complexity index is 425. The van der Waals surface area contributed by atoms with Gasteiger partial charge in [0.2, 0.25) is 0 Å². The summed E-state index contributed by atoms with van der Waals surface area (Å²) in [5.74, 6) is 0. The van der Waals surface area contributed by atoms with Crippen molar-refractivity contribution in [3.8, 4) is 0 Å². The van der Waals surface area contributed by atoms with E-state index >= 15 is 0 Å². The quantitative estimate of drug-likeness (QED) is 0.746. The first-order valence-electron chi connectivity index (χ1n) is 4.62. The Hall–Kier alpha value is -1.07. The van der Waals surface area contributed by atoms with Gasteiger partial charge in [-0.15, -0.1) is 0 Å². The first-order chi connectivity index (χ1) is 6.82. The fourth-order valence-electron chi connectivity index (χ4n) is 1.26. The maximum atomic E-state index is 11.3. The fraction of sp³-hybridized carbons (Fsp3) is 0.400. The molecule has 15 heavy (non-hydrogen) atoms. The van der Waals surface area contributed by atoms with E-state index in [2.05, 4.69) is 0 Å². The van der Waals surface area contributed by atoms with E-state index in [0.29, 0.717) is 5.69 Å². The lowest BCUT2D eigenvalue weighted by molar-refractivity contribution is 0.571. The zero-order valence-corrected chi connectivity index (χ0v) is 9.66. The normalized spacial score (nSPS) is 15.9. The number of hydrogen-bond donors (Lipinski definition) is 2. The van der Waals surface area contributed by atoms with Crippen LogP contribution in [-0.4, -0.2) is 19.9 Å². The van der Waals surface area contributed by atoms with Crippen molar-refractivity contribution in [2.45, 2.75) is 18.2 Å².